The van der Waals surface area contributed by atoms with E-state index in [0.717, 1.165) is 16.7 Å². The maximum atomic E-state index is 13.0. The van der Waals surface area contributed by atoms with E-state index in [1.807, 2.05) is 60.7 Å². The van der Waals surface area contributed by atoms with Gasteiger partial charge < -0.3 is 14.8 Å². The van der Waals surface area contributed by atoms with Crippen molar-refractivity contribution in [2.75, 3.05) is 12.4 Å². The lowest BCUT2D eigenvalue weighted by Crippen LogP contribution is -2.29. The van der Waals surface area contributed by atoms with Crippen LogP contribution in [0.15, 0.2) is 84.7 Å². The molecule has 5 rings (SSSR count). The smallest absolute Gasteiger partial charge is 0.338 e. The average Bonchev–Trinajstić information content (AvgIpc) is 3.36. The summed E-state index contributed by atoms with van der Waals surface area (Å²) in [6, 6.07) is 21.7. The van der Waals surface area contributed by atoms with Gasteiger partial charge in [-0.1, -0.05) is 59.6 Å². The summed E-state index contributed by atoms with van der Waals surface area (Å²) < 4.78 is 12.8. The maximum Gasteiger partial charge on any atom is 0.338 e. The third-order valence-electron chi connectivity index (χ3n) is 5.65. The second-order valence-corrected chi connectivity index (χ2v) is 8.70. The molecular weight excluding hydrogens is 487 g/mol. The highest BCUT2D eigenvalue weighted by atomic mass is 35.5. The first kappa shape index (κ1) is 23.0. The Morgan fingerprint density at radius 1 is 0.971 bits per heavy atom. The molecule has 0 spiro atoms. The van der Waals surface area contributed by atoms with Gasteiger partial charge in [0.2, 0.25) is 5.95 Å². The lowest BCUT2D eigenvalue weighted by atomic mass is 9.93. The normalized spacial score (nSPS) is 14.8. The van der Waals surface area contributed by atoms with Gasteiger partial charge in [-0.25, -0.2) is 9.48 Å². The number of hydrogen-bond donors (Lipinski definition) is 1. The van der Waals surface area contributed by atoms with Crippen molar-refractivity contribution in [3.63, 3.8) is 0 Å². The molecule has 4 aromatic rings. The summed E-state index contributed by atoms with van der Waals surface area (Å²) in [4.78, 5) is 17.4. The summed E-state index contributed by atoms with van der Waals surface area (Å²) in [5, 5.41) is 8.87. The first-order valence-electron chi connectivity index (χ1n) is 10.8. The summed E-state index contributed by atoms with van der Waals surface area (Å²) in [6.07, 6.45) is 1.44. The van der Waals surface area contributed by atoms with Gasteiger partial charge in [-0.3, -0.25) is 0 Å². The number of fused-ring (bicyclic) bond motifs is 1. The average molecular weight is 507 g/mol. The number of methoxy groups -OCH3 is 1. The van der Waals surface area contributed by atoms with Crippen LogP contribution in [0.1, 0.15) is 22.7 Å². The van der Waals surface area contributed by atoms with Crippen LogP contribution < -0.4 is 10.1 Å². The molecule has 35 heavy (non-hydrogen) atoms. The van der Waals surface area contributed by atoms with Crippen LogP contribution in [0.25, 0.3) is 5.70 Å². The van der Waals surface area contributed by atoms with Gasteiger partial charge in [0.05, 0.1) is 18.4 Å². The van der Waals surface area contributed by atoms with Gasteiger partial charge in [-0.15, -0.1) is 0 Å². The molecule has 0 amide bonds. The van der Waals surface area contributed by atoms with Gasteiger partial charge in [0, 0.05) is 10.0 Å². The van der Waals surface area contributed by atoms with Crippen LogP contribution in [-0.4, -0.2) is 27.8 Å². The van der Waals surface area contributed by atoms with E-state index in [2.05, 4.69) is 15.4 Å². The van der Waals surface area contributed by atoms with Gasteiger partial charge in [-0.05, 0) is 53.1 Å². The number of carbonyl (C=O) groups is 1. The fourth-order valence-electron chi connectivity index (χ4n) is 3.94. The number of nitrogens with one attached hydrogen (secondary N) is 1. The first-order chi connectivity index (χ1) is 17.0. The second-order valence-electron chi connectivity index (χ2n) is 7.83. The van der Waals surface area contributed by atoms with Crippen molar-refractivity contribution in [2.24, 2.45) is 0 Å². The third-order valence-corrected chi connectivity index (χ3v) is 6.15. The molecule has 0 aliphatic carbocycles. The largest absolute Gasteiger partial charge is 0.489 e. The molecule has 0 radical (unpaired) electrons. The topological polar surface area (TPSA) is 78.3 Å². The first-order valence-corrected chi connectivity index (χ1v) is 11.5. The molecule has 0 saturated heterocycles. The number of carbonyl (C=O) groups excluding carboxylic acids is 1. The summed E-state index contributed by atoms with van der Waals surface area (Å²) in [6.45, 7) is 0.408. The van der Waals surface area contributed by atoms with E-state index in [4.69, 9.17) is 32.7 Å². The van der Waals surface area contributed by atoms with Gasteiger partial charge in [0.1, 0.15) is 24.7 Å². The number of aromatic nitrogens is 3. The zero-order valence-electron chi connectivity index (χ0n) is 18.6. The number of ether oxygens (including phenoxy) is 2. The van der Waals surface area contributed by atoms with Crippen LogP contribution in [0.4, 0.5) is 5.95 Å². The fraction of sp³-hybridized carbons (Fsp3) is 0.115. The molecule has 1 N–H and O–H groups in total. The molecule has 1 atom stereocenters. The van der Waals surface area contributed by atoms with Gasteiger partial charge in [-0.2, -0.15) is 10.1 Å². The Labute approximate surface area is 211 Å². The van der Waals surface area contributed by atoms with Crippen LogP contribution in [0.3, 0.4) is 0 Å². The van der Waals surface area contributed by atoms with E-state index in [1.54, 1.807) is 16.8 Å². The fourth-order valence-corrected chi connectivity index (χ4v) is 4.19. The Balaban J connectivity index is 1.50. The summed E-state index contributed by atoms with van der Waals surface area (Å²) in [5.41, 5.74) is 3.60. The SMILES string of the molecule is COC(=O)C1=C(c2ccc(Cl)cc2)Nc2ncnn2[C@@H]1c1ccc(OCc2ccc(Cl)cc2)cc1. The van der Waals surface area contributed by atoms with Crippen molar-refractivity contribution >= 4 is 40.8 Å². The Morgan fingerprint density at radius 2 is 1.63 bits per heavy atom. The van der Waals surface area contributed by atoms with Gasteiger partial charge in [0.25, 0.3) is 0 Å². The molecule has 1 aliphatic rings. The van der Waals surface area contributed by atoms with E-state index in [0.29, 0.717) is 39.6 Å². The van der Waals surface area contributed by atoms with Gasteiger partial charge >= 0.3 is 5.97 Å². The Bertz CT molecular complexity index is 1380. The standard InChI is InChI=1S/C26H20Cl2N4O3/c1-34-25(33)22-23(17-4-10-20(28)11-5-17)31-26-29-15-30-32(26)24(22)18-6-12-21(13-7-18)35-14-16-2-8-19(27)9-3-16/h2-13,15,24H,14H2,1H3,(H,29,30,31)/t24-/m1/s1. The van der Waals surface area contributed by atoms with Gasteiger partial charge in [0.15, 0.2) is 0 Å². The zero-order chi connectivity index (χ0) is 24.4. The van der Waals surface area contributed by atoms with E-state index in [1.165, 1.54) is 13.4 Å². The monoisotopic (exact) mass is 506 g/mol. The van der Waals surface area contributed by atoms with Crippen molar-refractivity contribution in [2.45, 2.75) is 12.6 Å². The molecule has 2 heterocycles. The third kappa shape index (κ3) is 4.73. The molecule has 1 aromatic heterocycles. The van der Waals surface area contributed by atoms with Crippen molar-refractivity contribution in [1.82, 2.24) is 14.8 Å². The molecule has 7 nitrogen and oxygen atoms in total. The molecule has 3 aromatic carbocycles. The van der Waals surface area contributed by atoms with Crippen LogP contribution in [0.5, 0.6) is 5.75 Å². The molecular formula is C26H20Cl2N4O3. The number of esters is 1. The van der Waals surface area contributed by atoms with Crippen molar-refractivity contribution in [1.29, 1.82) is 0 Å². The van der Waals surface area contributed by atoms with Crippen LogP contribution in [0.2, 0.25) is 10.0 Å². The van der Waals surface area contributed by atoms with Crippen molar-refractivity contribution < 1.29 is 14.3 Å². The molecule has 9 heteroatoms. The molecule has 176 valence electrons. The Kier molecular flexibility index (Phi) is 6.44. The minimum absolute atomic E-state index is 0.405. The highest BCUT2D eigenvalue weighted by Gasteiger charge is 2.36. The lowest BCUT2D eigenvalue weighted by molar-refractivity contribution is -0.136. The second kappa shape index (κ2) is 9.82. The Morgan fingerprint density at radius 3 is 2.29 bits per heavy atom. The van der Waals surface area contributed by atoms with Crippen molar-refractivity contribution in [3.8, 4) is 5.75 Å². The molecule has 0 unspecified atom stereocenters. The minimum atomic E-state index is -0.558. The number of rotatable bonds is 6. The highest BCUT2D eigenvalue weighted by Crippen LogP contribution is 2.39. The van der Waals surface area contributed by atoms with Crippen LogP contribution in [-0.2, 0) is 16.1 Å². The number of anilines is 1. The number of benzene rings is 3. The lowest BCUT2D eigenvalue weighted by Gasteiger charge is -2.29. The predicted octanol–water partition coefficient (Wildman–Crippen LogP) is 5.76. The predicted molar refractivity (Wildman–Crippen MR) is 134 cm³/mol. The number of hydrogen-bond acceptors (Lipinski definition) is 6. The summed E-state index contributed by atoms with van der Waals surface area (Å²) in [7, 11) is 1.36. The highest BCUT2D eigenvalue weighted by molar-refractivity contribution is 6.30. The number of nitrogens with zero attached hydrogens (tertiary/aromatic N) is 3. The summed E-state index contributed by atoms with van der Waals surface area (Å²) in [5.74, 6) is 0.727. The quantitative estimate of drug-likeness (QED) is 0.334. The summed E-state index contributed by atoms with van der Waals surface area (Å²) >= 11 is 12.0. The molecule has 0 bridgehead atoms. The maximum absolute atomic E-state index is 13.0. The van der Waals surface area contributed by atoms with E-state index < -0.39 is 12.0 Å². The minimum Gasteiger partial charge on any atom is -0.489 e. The number of halogens is 2. The molecule has 0 fully saturated rings. The van der Waals surface area contributed by atoms with E-state index in [-0.39, 0.29) is 0 Å². The van der Waals surface area contributed by atoms with E-state index >= 15 is 0 Å². The van der Waals surface area contributed by atoms with Crippen molar-refractivity contribution in [3.05, 3.63) is 111 Å². The molecule has 0 saturated carbocycles. The van der Waals surface area contributed by atoms with Crippen LogP contribution in [0, 0.1) is 0 Å². The Hall–Kier alpha value is -3.81. The van der Waals surface area contributed by atoms with Crippen LogP contribution >= 0.6 is 23.2 Å². The molecule has 1 aliphatic heterocycles. The zero-order valence-corrected chi connectivity index (χ0v) is 20.1. The van der Waals surface area contributed by atoms with E-state index in [9.17, 15) is 4.79 Å².